The van der Waals surface area contributed by atoms with Crippen LogP contribution >= 0.6 is 11.3 Å². The summed E-state index contributed by atoms with van der Waals surface area (Å²) in [7, 11) is 0. The van der Waals surface area contributed by atoms with Crippen molar-refractivity contribution >= 4 is 39.4 Å². The van der Waals surface area contributed by atoms with E-state index in [-0.39, 0.29) is 24.4 Å². The van der Waals surface area contributed by atoms with Gasteiger partial charge in [-0.1, -0.05) is 19.1 Å². The highest BCUT2D eigenvalue weighted by Crippen LogP contribution is 2.38. The number of fused-ring (bicyclic) bond motifs is 1. The number of benzene rings is 1. The molecule has 3 heterocycles. The van der Waals surface area contributed by atoms with Crippen LogP contribution in [0.2, 0.25) is 0 Å². The standard InChI is InChI=1S/C22H26N4O3S/c1-14-8-10-22(11-9-14)20(28)26(21(29)24-22)13-18(27)25-12-4-6-16(25)19-23-15-5-2-3-7-17(15)30-19/h2-3,5,7,14,16H,4,6,8-13H2,1H3,(H,24,29). The first-order valence-electron chi connectivity index (χ1n) is 10.8. The van der Waals surface area contributed by atoms with Crippen LogP contribution in [0.25, 0.3) is 10.2 Å². The summed E-state index contributed by atoms with van der Waals surface area (Å²) in [6.07, 6.45) is 4.89. The van der Waals surface area contributed by atoms with E-state index in [9.17, 15) is 14.4 Å². The van der Waals surface area contributed by atoms with E-state index in [1.165, 1.54) is 0 Å². The molecule has 1 spiro atoms. The van der Waals surface area contributed by atoms with Gasteiger partial charge in [-0.3, -0.25) is 14.5 Å². The number of hydrogen-bond acceptors (Lipinski definition) is 5. The van der Waals surface area contributed by atoms with Crippen molar-refractivity contribution in [3.63, 3.8) is 0 Å². The second-order valence-electron chi connectivity index (χ2n) is 8.85. The van der Waals surface area contributed by atoms with Gasteiger partial charge in [0.05, 0.1) is 16.3 Å². The summed E-state index contributed by atoms with van der Waals surface area (Å²) >= 11 is 1.61. The van der Waals surface area contributed by atoms with Crippen LogP contribution < -0.4 is 5.32 Å². The predicted molar refractivity (Wildman–Crippen MR) is 114 cm³/mol. The lowest BCUT2D eigenvalue weighted by molar-refractivity contribution is -0.140. The number of urea groups is 1. The average Bonchev–Trinajstić information content (AvgIpc) is 3.43. The number of hydrogen-bond donors (Lipinski definition) is 1. The highest BCUT2D eigenvalue weighted by molar-refractivity contribution is 7.18. The van der Waals surface area contributed by atoms with Crippen LogP contribution in [0.4, 0.5) is 4.79 Å². The van der Waals surface area contributed by atoms with Crippen LogP contribution in [-0.4, -0.2) is 51.3 Å². The third-order valence-electron chi connectivity index (χ3n) is 6.84. The van der Waals surface area contributed by atoms with Crippen LogP contribution in [0, 0.1) is 5.92 Å². The Kier molecular flexibility index (Phi) is 4.76. The van der Waals surface area contributed by atoms with Gasteiger partial charge in [0.15, 0.2) is 0 Å². The Labute approximate surface area is 179 Å². The van der Waals surface area contributed by atoms with E-state index in [4.69, 9.17) is 4.98 Å². The average molecular weight is 427 g/mol. The minimum atomic E-state index is -0.804. The highest BCUT2D eigenvalue weighted by atomic mass is 32.1. The second-order valence-corrected chi connectivity index (χ2v) is 9.91. The Morgan fingerprint density at radius 3 is 2.77 bits per heavy atom. The maximum Gasteiger partial charge on any atom is 0.325 e. The molecule has 30 heavy (non-hydrogen) atoms. The molecule has 1 saturated carbocycles. The van der Waals surface area contributed by atoms with Gasteiger partial charge in [-0.05, 0) is 56.6 Å². The Bertz CT molecular complexity index is 978. The molecule has 0 bridgehead atoms. The van der Waals surface area contributed by atoms with E-state index in [0.717, 1.165) is 45.8 Å². The van der Waals surface area contributed by atoms with Gasteiger partial charge in [-0.25, -0.2) is 9.78 Å². The van der Waals surface area contributed by atoms with Crippen molar-refractivity contribution in [2.75, 3.05) is 13.1 Å². The fourth-order valence-electron chi connectivity index (χ4n) is 4.99. The van der Waals surface area contributed by atoms with Gasteiger partial charge in [0, 0.05) is 6.54 Å². The minimum Gasteiger partial charge on any atom is -0.332 e. The lowest BCUT2D eigenvalue weighted by atomic mass is 9.77. The molecule has 1 aromatic carbocycles. The molecule has 2 aliphatic heterocycles. The largest absolute Gasteiger partial charge is 0.332 e. The van der Waals surface area contributed by atoms with Gasteiger partial charge in [0.25, 0.3) is 5.91 Å². The van der Waals surface area contributed by atoms with Crippen LogP contribution in [0.5, 0.6) is 0 Å². The van der Waals surface area contributed by atoms with Crippen molar-refractivity contribution < 1.29 is 14.4 Å². The molecule has 2 saturated heterocycles. The number of para-hydroxylation sites is 1. The molecule has 1 aromatic heterocycles. The summed E-state index contributed by atoms with van der Waals surface area (Å²) in [5, 5.41) is 3.83. The Balaban J connectivity index is 1.32. The summed E-state index contributed by atoms with van der Waals surface area (Å²) < 4.78 is 1.11. The summed E-state index contributed by atoms with van der Waals surface area (Å²) in [6.45, 7) is 2.61. The molecule has 0 radical (unpaired) electrons. The maximum absolute atomic E-state index is 13.1. The van der Waals surface area contributed by atoms with Gasteiger partial charge < -0.3 is 10.2 Å². The third kappa shape index (κ3) is 3.17. The lowest BCUT2D eigenvalue weighted by Crippen LogP contribution is -2.50. The zero-order valence-corrected chi connectivity index (χ0v) is 17.9. The molecule has 3 fully saturated rings. The third-order valence-corrected chi connectivity index (χ3v) is 7.97. The Hall–Kier alpha value is -2.48. The van der Waals surface area contributed by atoms with Crippen LogP contribution in [0.15, 0.2) is 24.3 Å². The van der Waals surface area contributed by atoms with Crippen molar-refractivity contribution in [2.24, 2.45) is 5.92 Å². The van der Waals surface area contributed by atoms with E-state index < -0.39 is 11.6 Å². The first-order valence-corrected chi connectivity index (χ1v) is 11.6. The molecule has 1 atom stereocenters. The highest BCUT2D eigenvalue weighted by Gasteiger charge is 2.52. The predicted octanol–water partition coefficient (Wildman–Crippen LogP) is 3.46. The number of aromatic nitrogens is 1. The number of likely N-dealkylation sites (tertiary alicyclic amines) is 1. The molecular formula is C22H26N4O3S. The molecule has 1 unspecified atom stereocenters. The maximum atomic E-state index is 13.1. The number of carbonyl (C=O) groups excluding carboxylic acids is 3. The lowest BCUT2D eigenvalue weighted by Gasteiger charge is -2.33. The molecular weight excluding hydrogens is 400 g/mol. The number of carbonyl (C=O) groups is 3. The fourth-order valence-corrected chi connectivity index (χ4v) is 6.11. The monoisotopic (exact) mass is 426 g/mol. The SMILES string of the molecule is CC1CCC2(CC1)NC(=O)N(CC(=O)N1CCCC1c1nc3ccccc3s1)C2=O. The number of imide groups is 1. The number of amides is 4. The van der Waals surface area contributed by atoms with Crippen LogP contribution in [0.3, 0.4) is 0 Å². The fraction of sp³-hybridized carbons (Fsp3) is 0.545. The second kappa shape index (κ2) is 7.34. The van der Waals surface area contributed by atoms with Gasteiger partial charge in [0.2, 0.25) is 5.91 Å². The molecule has 3 aliphatic rings. The molecule has 8 heteroatoms. The van der Waals surface area contributed by atoms with Gasteiger partial charge in [-0.15, -0.1) is 11.3 Å². The molecule has 7 nitrogen and oxygen atoms in total. The van der Waals surface area contributed by atoms with Crippen molar-refractivity contribution in [2.45, 2.75) is 57.0 Å². The number of thiazole rings is 1. The van der Waals surface area contributed by atoms with Gasteiger partial charge in [-0.2, -0.15) is 0 Å². The van der Waals surface area contributed by atoms with E-state index in [0.29, 0.717) is 25.3 Å². The summed E-state index contributed by atoms with van der Waals surface area (Å²) in [6, 6.07) is 7.45. The van der Waals surface area contributed by atoms with E-state index in [1.807, 2.05) is 24.3 Å². The van der Waals surface area contributed by atoms with E-state index in [2.05, 4.69) is 12.2 Å². The number of nitrogens with zero attached hydrogens (tertiary/aromatic N) is 3. The quantitative estimate of drug-likeness (QED) is 0.762. The number of nitrogens with one attached hydrogen (secondary N) is 1. The molecule has 4 amide bonds. The molecule has 158 valence electrons. The number of rotatable bonds is 3. The Morgan fingerprint density at radius 1 is 1.23 bits per heavy atom. The molecule has 1 aliphatic carbocycles. The molecule has 5 rings (SSSR count). The van der Waals surface area contributed by atoms with Crippen molar-refractivity contribution in [3.05, 3.63) is 29.3 Å². The normalized spacial score (nSPS) is 29.2. The van der Waals surface area contributed by atoms with Crippen LogP contribution in [-0.2, 0) is 9.59 Å². The Morgan fingerprint density at radius 2 is 2.00 bits per heavy atom. The first-order chi connectivity index (χ1) is 14.5. The summed E-state index contributed by atoms with van der Waals surface area (Å²) in [4.78, 5) is 46.5. The van der Waals surface area contributed by atoms with Gasteiger partial charge >= 0.3 is 6.03 Å². The van der Waals surface area contributed by atoms with Crippen molar-refractivity contribution in [1.29, 1.82) is 0 Å². The van der Waals surface area contributed by atoms with Crippen molar-refractivity contribution in [3.8, 4) is 0 Å². The minimum absolute atomic E-state index is 0.0832. The van der Waals surface area contributed by atoms with Gasteiger partial charge in [0.1, 0.15) is 17.1 Å². The van der Waals surface area contributed by atoms with E-state index >= 15 is 0 Å². The van der Waals surface area contributed by atoms with E-state index in [1.54, 1.807) is 16.2 Å². The summed E-state index contributed by atoms with van der Waals surface area (Å²) in [5.41, 5.74) is 0.140. The van der Waals surface area contributed by atoms with Crippen LogP contribution in [0.1, 0.15) is 56.5 Å². The molecule has 1 N–H and O–H groups in total. The smallest absolute Gasteiger partial charge is 0.325 e. The first kappa shape index (κ1) is 19.5. The topological polar surface area (TPSA) is 82.6 Å². The zero-order valence-electron chi connectivity index (χ0n) is 17.1. The van der Waals surface area contributed by atoms with Crippen molar-refractivity contribution in [1.82, 2.24) is 20.1 Å². The molecule has 2 aromatic rings. The zero-order chi connectivity index (χ0) is 20.9. The summed E-state index contributed by atoms with van der Waals surface area (Å²) in [5.74, 6) is 0.153.